The summed E-state index contributed by atoms with van der Waals surface area (Å²) >= 11 is 12.0. The van der Waals surface area contributed by atoms with Crippen molar-refractivity contribution in [3.8, 4) is 0 Å². The minimum absolute atomic E-state index is 0.260. The first-order chi connectivity index (χ1) is 8.65. The molecule has 0 bridgehead atoms. The number of halogens is 2. The highest BCUT2D eigenvalue weighted by Gasteiger charge is 2.27. The average Bonchev–Trinajstić information content (AvgIpc) is 2.83. The van der Waals surface area contributed by atoms with E-state index in [1.807, 2.05) is 18.2 Å². The SMILES string of the molecule is CCC1CCN(C(CN)c2ccc(Cl)c(Cl)c2)C1. The molecule has 18 heavy (non-hydrogen) atoms. The number of benzene rings is 1. The molecule has 1 aromatic rings. The van der Waals surface area contributed by atoms with Crippen LogP contribution in [0.25, 0.3) is 0 Å². The van der Waals surface area contributed by atoms with E-state index >= 15 is 0 Å². The molecule has 1 saturated heterocycles. The second-order valence-electron chi connectivity index (χ2n) is 4.98. The van der Waals surface area contributed by atoms with Crippen LogP contribution in [0.1, 0.15) is 31.4 Å². The van der Waals surface area contributed by atoms with Crippen LogP contribution in [0.2, 0.25) is 10.0 Å². The Morgan fingerprint density at radius 3 is 2.72 bits per heavy atom. The summed E-state index contributed by atoms with van der Waals surface area (Å²) in [6, 6.07) is 6.09. The van der Waals surface area contributed by atoms with Crippen LogP contribution in [0.5, 0.6) is 0 Å². The van der Waals surface area contributed by atoms with Gasteiger partial charge in [0.15, 0.2) is 0 Å². The molecule has 2 rings (SSSR count). The summed E-state index contributed by atoms with van der Waals surface area (Å²) in [6.07, 6.45) is 2.52. The predicted octanol–water partition coefficient (Wildman–Crippen LogP) is 3.73. The van der Waals surface area contributed by atoms with Crippen molar-refractivity contribution in [2.24, 2.45) is 11.7 Å². The lowest BCUT2D eigenvalue weighted by molar-refractivity contribution is 0.241. The maximum Gasteiger partial charge on any atom is 0.0595 e. The average molecular weight is 287 g/mol. The number of rotatable bonds is 4. The number of hydrogen-bond donors (Lipinski definition) is 1. The maximum atomic E-state index is 6.09. The highest BCUT2D eigenvalue weighted by Crippen LogP contribution is 2.31. The van der Waals surface area contributed by atoms with Crippen molar-refractivity contribution in [1.82, 2.24) is 4.90 Å². The molecule has 1 fully saturated rings. The molecule has 1 aliphatic heterocycles. The Kier molecular flexibility index (Phi) is 4.91. The van der Waals surface area contributed by atoms with Gasteiger partial charge >= 0.3 is 0 Å². The normalized spacial score (nSPS) is 22.3. The third-order valence-electron chi connectivity index (χ3n) is 3.89. The van der Waals surface area contributed by atoms with E-state index in [1.165, 1.54) is 18.4 Å². The molecular weight excluding hydrogens is 267 g/mol. The third kappa shape index (κ3) is 3.00. The first kappa shape index (κ1) is 14.1. The molecule has 2 atom stereocenters. The van der Waals surface area contributed by atoms with Crippen molar-refractivity contribution in [2.75, 3.05) is 19.6 Å². The lowest BCUT2D eigenvalue weighted by Gasteiger charge is -2.27. The van der Waals surface area contributed by atoms with E-state index in [4.69, 9.17) is 28.9 Å². The number of nitrogens with two attached hydrogens (primary N) is 1. The van der Waals surface area contributed by atoms with Gasteiger partial charge in [0.1, 0.15) is 0 Å². The largest absolute Gasteiger partial charge is 0.329 e. The zero-order valence-electron chi connectivity index (χ0n) is 10.7. The van der Waals surface area contributed by atoms with Crippen molar-refractivity contribution in [3.05, 3.63) is 33.8 Å². The van der Waals surface area contributed by atoms with Crippen molar-refractivity contribution >= 4 is 23.2 Å². The molecule has 4 heteroatoms. The van der Waals surface area contributed by atoms with Gasteiger partial charge in [-0.15, -0.1) is 0 Å². The molecule has 1 heterocycles. The van der Waals surface area contributed by atoms with Gasteiger partial charge in [-0.2, -0.15) is 0 Å². The van der Waals surface area contributed by atoms with Crippen LogP contribution in [-0.2, 0) is 0 Å². The highest BCUT2D eigenvalue weighted by atomic mass is 35.5. The zero-order chi connectivity index (χ0) is 13.1. The van der Waals surface area contributed by atoms with Crippen LogP contribution in [0.15, 0.2) is 18.2 Å². The van der Waals surface area contributed by atoms with Crippen molar-refractivity contribution in [3.63, 3.8) is 0 Å². The molecule has 0 aliphatic carbocycles. The Labute approximate surface area is 119 Å². The van der Waals surface area contributed by atoms with Gasteiger partial charge in [-0.05, 0) is 36.6 Å². The molecule has 0 amide bonds. The fraction of sp³-hybridized carbons (Fsp3) is 0.571. The fourth-order valence-electron chi connectivity index (χ4n) is 2.69. The third-order valence-corrected chi connectivity index (χ3v) is 4.63. The van der Waals surface area contributed by atoms with Crippen LogP contribution >= 0.6 is 23.2 Å². The monoisotopic (exact) mass is 286 g/mol. The topological polar surface area (TPSA) is 29.3 Å². The quantitative estimate of drug-likeness (QED) is 0.914. The minimum Gasteiger partial charge on any atom is -0.329 e. The Morgan fingerprint density at radius 2 is 2.17 bits per heavy atom. The van der Waals surface area contributed by atoms with Crippen LogP contribution in [-0.4, -0.2) is 24.5 Å². The van der Waals surface area contributed by atoms with Gasteiger partial charge in [-0.3, -0.25) is 4.90 Å². The summed E-state index contributed by atoms with van der Waals surface area (Å²) in [7, 11) is 0. The van der Waals surface area contributed by atoms with Gasteiger partial charge in [0.2, 0.25) is 0 Å². The smallest absolute Gasteiger partial charge is 0.0595 e. The Hall–Kier alpha value is -0.280. The Bertz CT molecular complexity index is 409. The van der Waals surface area contributed by atoms with E-state index in [9.17, 15) is 0 Å². The van der Waals surface area contributed by atoms with E-state index in [0.29, 0.717) is 16.6 Å². The molecule has 0 spiro atoms. The molecule has 2 N–H and O–H groups in total. The molecule has 0 saturated carbocycles. The van der Waals surface area contributed by atoms with Crippen LogP contribution in [0, 0.1) is 5.92 Å². The molecular formula is C14H20Cl2N2. The predicted molar refractivity (Wildman–Crippen MR) is 78.2 cm³/mol. The van der Waals surface area contributed by atoms with Gasteiger partial charge in [0.05, 0.1) is 10.0 Å². The van der Waals surface area contributed by atoms with Gasteiger partial charge in [-0.25, -0.2) is 0 Å². The second kappa shape index (κ2) is 6.25. The summed E-state index contributed by atoms with van der Waals surface area (Å²) in [5.41, 5.74) is 7.11. The Morgan fingerprint density at radius 1 is 1.39 bits per heavy atom. The molecule has 2 nitrogen and oxygen atoms in total. The molecule has 1 aromatic carbocycles. The summed E-state index contributed by atoms with van der Waals surface area (Å²) in [5.74, 6) is 0.807. The van der Waals surface area contributed by atoms with Crippen molar-refractivity contribution < 1.29 is 0 Å². The van der Waals surface area contributed by atoms with Crippen LogP contribution < -0.4 is 5.73 Å². The van der Waals surface area contributed by atoms with Gasteiger partial charge in [0.25, 0.3) is 0 Å². The first-order valence-electron chi connectivity index (χ1n) is 6.54. The van der Waals surface area contributed by atoms with Gasteiger partial charge < -0.3 is 5.73 Å². The summed E-state index contributed by atoms with van der Waals surface area (Å²) < 4.78 is 0. The first-order valence-corrected chi connectivity index (χ1v) is 7.30. The number of likely N-dealkylation sites (tertiary alicyclic amines) is 1. The maximum absolute atomic E-state index is 6.09. The van der Waals surface area contributed by atoms with Gasteiger partial charge in [0, 0.05) is 19.1 Å². The van der Waals surface area contributed by atoms with Crippen molar-refractivity contribution in [1.29, 1.82) is 0 Å². The van der Waals surface area contributed by atoms with Crippen LogP contribution in [0.3, 0.4) is 0 Å². The lowest BCUT2D eigenvalue weighted by Crippen LogP contribution is -2.32. The van der Waals surface area contributed by atoms with E-state index in [1.54, 1.807) is 0 Å². The van der Waals surface area contributed by atoms with Crippen molar-refractivity contribution in [2.45, 2.75) is 25.8 Å². The molecule has 100 valence electrons. The van der Waals surface area contributed by atoms with Gasteiger partial charge in [-0.1, -0.05) is 42.6 Å². The molecule has 0 radical (unpaired) electrons. The summed E-state index contributed by atoms with van der Waals surface area (Å²) in [6.45, 7) is 5.14. The molecule has 0 aromatic heterocycles. The summed E-state index contributed by atoms with van der Waals surface area (Å²) in [5, 5.41) is 1.21. The minimum atomic E-state index is 0.260. The standard InChI is InChI=1S/C14H20Cl2N2/c1-2-10-5-6-18(9-10)14(8-17)11-3-4-12(15)13(16)7-11/h3-4,7,10,14H,2,5-6,8-9,17H2,1H3. The van der Waals surface area contributed by atoms with Crippen LogP contribution in [0.4, 0.5) is 0 Å². The molecule has 2 unspecified atom stereocenters. The van der Waals surface area contributed by atoms with E-state index in [0.717, 1.165) is 19.0 Å². The lowest BCUT2D eigenvalue weighted by atomic mass is 10.0. The van der Waals surface area contributed by atoms with E-state index < -0.39 is 0 Å². The Balaban J connectivity index is 2.15. The fourth-order valence-corrected chi connectivity index (χ4v) is 3.00. The molecule has 1 aliphatic rings. The number of hydrogen-bond acceptors (Lipinski definition) is 2. The van der Waals surface area contributed by atoms with E-state index in [2.05, 4.69) is 11.8 Å². The summed E-state index contributed by atoms with van der Waals surface area (Å²) in [4.78, 5) is 2.47. The van der Waals surface area contributed by atoms with E-state index in [-0.39, 0.29) is 6.04 Å². The second-order valence-corrected chi connectivity index (χ2v) is 5.80. The zero-order valence-corrected chi connectivity index (χ0v) is 12.2. The number of nitrogens with zero attached hydrogens (tertiary/aromatic N) is 1. The highest BCUT2D eigenvalue weighted by molar-refractivity contribution is 6.42.